The fourth-order valence-corrected chi connectivity index (χ4v) is 2.36. The monoisotopic (exact) mass is 298 g/mol. The molecule has 3 nitrogen and oxygen atoms in total. The first kappa shape index (κ1) is 20.2. The molecule has 0 aromatic rings. The van der Waals surface area contributed by atoms with Crippen LogP contribution < -0.4 is 0 Å². The number of aliphatic hydroxyl groups is 1. The van der Waals surface area contributed by atoms with E-state index >= 15 is 0 Å². The van der Waals surface area contributed by atoms with Crippen LogP contribution in [0.15, 0.2) is 12.2 Å². The molecule has 0 saturated heterocycles. The van der Waals surface area contributed by atoms with Crippen molar-refractivity contribution in [1.82, 2.24) is 0 Å². The number of carboxylic acid groups (broad SMARTS) is 1. The highest BCUT2D eigenvalue weighted by Gasteiger charge is 2.00. The zero-order chi connectivity index (χ0) is 15.8. The molecule has 0 unspecified atom stereocenters. The van der Waals surface area contributed by atoms with Crippen LogP contribution in [0.25, 0.3) is 0 Å². The molecule has 1 atom stereocenters. The van der Waals surface area contributed by atoms with Crippen LogP contribution in [0.1, 0.15) is 90.4 Å². The average molecular weight is 298 g/mol. The van der Waals surface area contributed by atoms with E-state index in [1.807, 2.05) is 0 Å². The minimum Gasteiger partial charge on any atom is -0.481 e. The standard InChI is InChI=1S/C18H34O3/c1-2-3-4-11-14-17(19)15-12-9-7-5-6-8-10-13-16-18(20)21/h9,12,17,19H,2-8,10-11,13-16H2,1H3,(H,20,21)/t17-/m0/s1. The highest BCUT2D eigenvalue weighted by molar-refractivity contribution is 5.66. The average Bonchev–Trinajstić information content (AvgIpc) is 2.45. The lowest BCUT2D eigenvalue weighted by atomic mass is 10.1. The van der Waals surface area contributed by atoms with Crippen LogP contribution in [-0.4, -0.2) is 22.3 Å². The van der Waals surface area contributed by atoms with Crippen molar-refractivity contribution >= 4 is 5.97 Å². The van der Waals surface area contributed by atoms with Gasteiger partial charge >= 0.3 is 5.97 Å². The molecule has 0 aliphatic heterocycles. The third-order valence-corrected chi connectivity index (χ3v) is 3.73. The van der Waals surface area contributed by atoms with Crippen molar-refractivity contribution in [3.8, 4) is 0 Å². The number of aliphatic carboxylic acids is 1. The maximum Gasteiger partial charge on any atom is 0.303 e. The summed E-state index contributed by atoms with van der Waals surface area (Å²) in [4.78, 5) is 10.3. The van der Waals surface area contributed by atoms with Crippen LogP contribution in [-0.2, 0) is 4.79 Å². The van der Waals surface area contributed by atoms with Gasteiger partial charge in [-0.2, -0.15) is 0 Å². The summed E-state index contributed by atoms with van der Waals surface area (Å²) in [6.45, 7) is 2.20. The molecule has 0 aromatic heterocycles. The number of aliphatic hydroxyl groups excluding tert-OH is 1. The molecule has 3 heteroatoms. The van der Waals surface area contributed by atoms with Gasteiger partial charge in [-0.3, -0.25) is 4.79 Å². The van der Waals surface area contributed by atoms with Crippen molar-refractivity contribution < 1.29 is 15.0 Å². The summed E-state index contributed by atoms with van der Waals surface area (Å²) in [5, 5.41) is 18.3. The topological polar surface area (TPSA) is 57.5 Å². The first-order valence-electron chi connectivity index (χ1n) is 8.71. The Morgan fingerprint density at radius 2 is 1.62 bits per heavy atom. The van der Waals surface area contributed by atoms with Crippen LogP contribution in [0.2, 0.25) is 0 Å². The van der Waals surface area contributed by atoms with Crippen LogP contribution >= 0.6 is 0 Å². The predicted octanol–water partition coefficient (Wildman–Crippen LogP) is 5.08. The van der Waals surface area contributed by atoms with E-state index in [-0.39, 0.29) is 6.10 Å². The Labute approximate surface area is 130 Å². The van der Waals surface area contributed by atoms with E-state index in [1.165, 1.54) is 25.7 Å². The largest absolute Gasteiger partial charge is 0.481 e. The quantitative estimate of drug-likeness (QED) is 0.327. The van der Waals surface area contributed by atoms with Crippen LogP contribution in [0.4, 0.5) is 0 Å². The highest BCUT2D eigenvalue weighted by Crippen LogP contribution is 2.10. The van der Waals surface area contributed by atoms with Gasteiger partial charge in [0.25, 0.3) is 0 Å². The third kappa shape index (κ3) is 17.1. The van der Waals surface area contributed by atoms with Gasteiger partial charge in [0, 0.05) is 6.42 Å². The van der Waals surface area contributed by atoms with Crippen molar-refractivity contribution in [2.45, 2.75) is 96.5 Å². The first-order chi connectivity index (χ1) is 10.2. The Bertz CT molecular complexity index is 261. The maximum absolute atomic E-state index is 10.3. The summed E-state index contributed by atoms with van der Waals surface area (Å²) in [6.07, 6.45) is 17.4. The van der Waals surface area contributed by atoms with E-state index in [0.717, 1.165) is 51.4 Å². The van der Waals surface area contributed by atoms with E-state index in [1.54, 1.807) is 0 Å². The lowest BCUT2D eigenvalue weighted by Gasteiger charge is -2.07. The predicted molar refractivity (Wildman–Crippen MR) is 88.5 cm³/mol. The SMILES string of the molecule is CCCCCC[C@H](O)CC=CCCCCCCCC(=O)O. The molecule has 0 saturated carbocycles. The number of allylic oxidation sites excluding steroid dienone is 1. The van der Waals surface area contributed by atoms with Gasteiger partial charge in [0.1, 0.15) is 0 Å². The normalized spacial score (nSPS) is 12.9. The Morgan fingerprint density at radius 1 is 0.952 bits per heavy atom. The Balaban J connectivity index is 3.26. The van der Waals surface area contributed by atoms with E-state index < -0.39 is 5.97 Å². The Hall–Kier alpha value is -0.830. The van der Waals surface area contributed by atoms with E-state index in [2.05, 4.69) is 19.1 Å². The molecule has 0 aliphatic carbocycles. The second-order valence-electron chi connectivity index (χ2n) is 5.91. The minimum absolute atomic E-state index is 0.172. The van der Waals surface area contributed by atoms with Gasteiger partial charge in [0.2, 0.25) is 0 Å². The fraction of sp³-hybridized carbons (Fsp3) is 0.833. The molecule has 0 spiro atoms. The molecule has 0 heterocycles. The molecule has 0 radical (unpaired) electrons. The number of carboxylic acids is 1. The smallest absolute Gasteiger partial charge is 0.303 e. The van der Waals surface area contributed by atoms with E-state index in [0.29, 0.717) is 6.42 Å². The minimum atomic E-state index is -0.689. The zero-order valence-corrected chi connectivity index (χ0v) is 13.7. The van der Waals surface area contributed by atoms with Crippen LogP contribution in [0.5, 0.6) is 0 Å². The highest BCUT2D eigenvalue weighted by atomic mass is 16.4. The van der Waals surface area contributed by atoms with E-state index in [9.17, 15) is 9.90 Å². The van der Waals surface area contributed by atoms with E-state index in [4.69, 9.17) is 5.11 Å². The summed E-state index contributed by atoms with van der Waals surface area (Å²) < 4.78 is 0. The van der Waals surface area contributed by atoms with Gasteiger partial charge in [-0.25, -0.2) is 0 Å². The Kier molecular flexibility index (Phi) is 14.9. The maximum atomic E-state index is 10.3. The third-order valence-electron chi connectivity index (χ3n) is 3.73. The fourth-order valence-electron chi connectivity index (χ4n) is 2.36. The van der Waals surface area contributed by atoms with Crippen molar-refractivity contribution in [3.63, 3.8) is 0 Å². The van der Waals surface area contributed by atoms with Crippen molar-refractivity contribution in [3.05, 3.63) is 12.2 Å². The molecule has 0 aliphatic rings. The van der Waals surface area contributed by atoms with Crippen molar-refractivity contribution in [2.24, 2.45) is 0 Å². The summed E-state index contributed by atoms with van der Waals surface area (Å²) in [5.74, 6) is -0.689. The second kappa shape index (κ2) is 15.6. The molecule has 0 fully saturated rings. The summed E-state index contributed by atoms with van der Waals surface area (Å²) >= 11 is 0. The second-order valence-corrected chi connectivity index (χ2v) is 5.91. The molecular weight excluding hydrogens is 264 g/mol. The number of carbonyl (C=O) groups is 1. The molecular formula is C18H34O3. The Morgan fingerprint density at radius 3 is 2.33 bits per heavy atom. The van der Waals surface area contributed by atoms with Crippen molar-refractivity contribution in [2.75, 3.05) is 0 Å². The van der Waals surface area contributed by atoms with Gasteiger partial charge in [0.15, 0.2) is 0 Å². The molecule has 0 rings (SSSR count). The molecule has 0 aromatic carbocycles. The van der Waals surface area contributed by atoms with Crippen molar-refractivity contribution in [1.29, 1.82) is 0 Å². The summed E-state index contributed by atoms with van der Waals surface area (Å²) in [7, 11) is 0. The summed E-state index contributed by atoms with van der Waals surface area (Å²) in [5.41, 5.74) is 0. The lowest BCUT2D eigenvalue weighted by molar-refractivity contribution is -0.137. The molecule has 2 N–H and O–H groups in total. The molecule has 21 heavy (non-hydrogen) atoms. The van der Waals surface area contributed by atoms with Crippen LogP contribution in [0.3, 0.4) is 0 Å². The number of hydrogen-bond donors (Lipinski definition) is 2. The first-order valence-corrected chi connectivity index (χ1v) is 8.71. The van der Waals surface area contributed by atoms with Gasteiger partial charge in [-0.15, -0.1) is 0 Å². The number of hydrogen-bond acceptors (Lipinski definition) is 2. The molecule has 0 bridgehead atoms. The van der Waals surface area contributed by atoms with Gasteiger partial charge in [0.05, 0.1) is 6.10 Å². The van der Waals surface area contributed by atoms with Gasteiger partial charge in [-0.1, -0.05) is 64.0 Å². The number of unbranched alkanes of at least 4 members (excludes halogenated alkanes) is 8. The van der Waals surface area contributed by atoms with Gasteiger partial charge < -0.3 is 10.2 Å². The molecule has 0 amide bonds. The van der Waals surface area contributed by atoms with Gasteiger partial charge in [-0.05, 0) is 32.1 Å². The van der Waals surface area contributed by atoms with Crippen LogP contribution in [0, 0.1) is 0 Å². The summed E-state index contributed by atoms with van der Waals surface area (Å²) in [6, 6.07) is 0. The zero-order valence-electron chi connectivity index (χ0n) is 13.7. The lowest BCUT2D eigenvalue weighted by Crippen LogP contribution is -2.04. The molecule has 124 valence electrons. The number of rotatable bonds is 15.